The van der Waals surface area contributed by atoms with Crippen molar-refractivity contribution in [3.63, 3.8) is 0 Å². The van der Waals surface area contributed by atoms with Crippen LogP contribution in [0.5, 0.6) is 0 Å². The summed E-state index contributed by atoms with van der Waals surface area (Å²) in [4.78, 5) is 26.7. The predicted molar refractivity (Wildman–Crippen MR) is 111 cm³/mol. The number of halogens is 2. The zero-order chi connectivity index (χ0) is 19.2. The van der Waals surface area contributed by atoms with Crippen LogP contribution in [-0.4, -0.2) is 35.8 Å². The number of rotatable bonds is 5. The van der Waals surface area contributed by atoms with Crippen molar-refractivity contribution in [2.45, 2.75) is 31.7 Å². The number of carbonyl (C=O) groups is 2. The van der Waals surface area contributed by atoms with Gasteiger partial charge in [0.1, 0.15) is 0 Å². The SMILES string of the molecule is O=C(NC1CCN(C(=O)CCc2ccc(Cl)cc2)CC1)c1ccccc1Br. The van der Waals surface area contributed by atoms with Gasteiger partial charge in [0.05, 0.1) is 5.56 Å². The highest BCUT2D eigenvalue weighted by Gasteiger charge is 2.24. The molecule has 27 heavy (non-hydrogen) atoms. The molecule has 1 heterocycles. The Morgan fingerprint density at radius 1 is 1.07 bits per heavy atom. The fraction of sp³-hybridized carbons (Fsp3) is 0.333. The van der Waals surface area contributed by atoms with Gasteiger partial charge in [0.15, 0.2) is 0 Å². The van der Waals surface area contributed by atoms with Crippen LogP contribution in [0.25, 0.3) is 0 Å². The van der Waals surface area contributed by atoms with Crippen LogP contribution in [0.15, 0.2) is 53.0 Å². The Morgan fingerprint density at radius 2 is 1.74 bits per heavy atom. The minimum absolute atomic E-state index is 0.0741. The second-order valence-electron chi connectivity index (χ2n) is 6.73. The number of piperidine rings is 1. The van der Waals surface area contributed by atoms with E-state index in [0.29, 0.717) is 36.5 Å². The third-order valence-corrected chi connectivity index (χ3v) is 5.79. The molecule has 0 unspecified atom stereocenters. The van der Waals surface area contributed by atoms with Crippen LogP contribution in [-0.2, 0) is 11.2 Å². The van der Waals surface area contributed by atoms with E-state index in [1.54, 1.807) is 6.07 Å². The molecule has 0 aliphatic carbocycles. The third-order valence-electron chi connectivity index (χ3n) is 4.84. The van der Waals surface area contributed by atoms with Gasteiger partial charge in [0.25, 0.3) is 5.91 Å². The molecule has 1 N–H and O–H groups in total. The summed E-state index contributed by atoms with van der Waals surface area (Å²) in [6.45, 7) is 1.36. The Labute approximate surface area is 173 Å². The summed E-state index contributed by atoms with van der Waals surface area (Å²) < 4.78 is 0.789. The quantitative estimate of drug-likeness (QED) is 0.733. The van der Waals surface area contributed by atoms with Crippen molar-refractivity contribution in [2.75, 3.05) is 13.1 Å². The van der Waals surface area contributed by atoms with Crippen LogP contribution in [0.1, 0.15) is 35.2 Å². The van der Waals surface area contributed by atoms with Gasteiger partial charge in [0, 0.05) is 35.0 Å². The van der Waals surface area contributed by atoms with Crippen LogP contribution in [0.4, 0.5) is 0 Å². The van der Waals surface area contributed by atoms with Gasteiger partial charge in [-0.1, -0.05) is 35.9 Å². The van der Waals surface area contributed by atoms with E-state index in [1.807, 2.05) is 47.4 Å². The molecular weight excluding hydrogens is 428 g/mol. The molecule has 0 saturated carbocycles. The van der Waals surface area contributed by atoms with Gasteiger partial charge in [-0.05, 0) is 65.0 Å². The van der Waals surface area contributed by atoms with Crippen LogP contribution >= 0.6 is 27.5 Å². The molecule has 4 nitrogen and oxygen atoms in total. The molecule has 0 radical (unpaired) electrons. The van der Waals surface area contributed by atoms with Gasteiger partial charge < -0.3 is 10.2 Å². The minimum Gasteiger partial charge on any atom is -0.349 e. The number of nitrogens with zero attached hydrogens (tertiary/aromatic N) is 1. The summed E-state index contributed by atoms with van der Waals surface area (Å²) in [5.41, 5.74) is 1.75. The number of likely N-dealkylation sites (tertiary alicyclic amines) is 1. The molecule has 0 aromatic heterocycles. The van der Waals surface area contributed by atoms with Crippen molar-refractivity contribution in [1.29, 1.82) is 0 Å². The number of nitrogens with one attached hydrogen (secondary N) is 1. The smallest absolute Gasteiger partial charge is 0.252 e. The Kier molecular flexibility index (Phi) is 6.91. The standard InChI is InChI=1S/C21H22BrClN2O2/c22-19-4-2-1-3-18(19)21(27)24-17-11-13-25(14-12-17)20(26)10-7-15-5-8-16(23)9-6-15/h1-6,8-9,17H,7,10-14H2,(H,24,27). The first-order valence-corrected chi connectivity index (χ1v) is 10.3. The predicted octanol–water partition coefficient (Wildman–Crippen LogP) is 4.46. The molecule has 2 aromatic carbocycles. The van der Waals surface area contributed by atoms with Gasteiger partial charge in [-0.15, -0.1) is 0 Å². The van der Waals surface area contributed by atoms with Crippen molar-refractivity contribution >= 4 is 39.3 Å². The fourth-order valence-corrected chi connectivity index (χ4v) is 3.83. The van der Waals surface area contributed by atoms with Crippen molar-refractivity contribution in [1.82, 2.24) is 10.2 Å². The number of aryl methyl sites for hydroxylation is 1. The van der Waals surface area contributed by atoms with Crippen molar-refractivity contribution < 1.29 is 9.59 Å². The molecule has 1 aliphatic heterocycles. The lowest BCUT2D eigenvalue weighted by atomic mass is 10.0. The first-order valence-electron chi connectivity index (χ1n) is 9.10. The molecule has 142 valence electrons. The maximum absolute atomic E-state index is 12.4. The van der Waals surface area contributed by atoms with Gasteiger partial charge in [-0.2, -0.15) is 0 Å². The third kappa shape index (κ3) is 5.56. The highest BCUT2D eigenvalue weighted by molar-refractivity contribution is 9.10. The molecular formula is C21H22BrClN2O2. The Bertz CT molecular complexity index is 802. The topological polar surface area (TPSA) is 49.4 Å². The van der Waals surface area contributed by atoms with Crippen LogP contribution in [0.3, 0.4) is 0 Å². The number of benzene rings is 2. The van der Waals surface area contributed by atoms with Gasteiger partial charge >= 0.3 is 0 Å². The lowest BCUT2D eigenvalue weighted by molar-refractivity contribution is -0.132. The van der Waals surface area contributed by atoms with Crippen LogP contribution in [0.2, 0.25) is 5.02 Å². The normalized spacial score (nSPS) is 14.8. The van der Waals surface area contributed by atoms with Gasteiger partial charge in [0.2, 0.25) is 5.91 Å². The highest BCUT2D eigenvalue weighted by Crippen LogP contribution is 2.18. The van der Waals surface area contributed by atoms with Crippen LogP contribution < -0.4 is 5.32 Å². The van der Waals surface area contributed by atoms with E-state index in [-0.39, 0.29) is 17.9 Å². The zero-order valence-corrected chi connectivity index (χ0v) is 17.3. The highest BCUT2D eigenvalue weighted by atomic mass is 79.9. The fourth-order valence-electron chi connectivity index (χ4n) is 3.24. The summed E-state index contributed by atoms with van der Waals surface area (Å²) in [7, 11) is 0. The number of carbonyl (C=O) groups excluding carboxylic acids is 2. The molecule has 2 aromatic rings. The molecule has 3 rings (SSSR count). The molecule has 1 aliphatic rings. The van der Waals surface area contributed by atoms with Crippen molar-refractivity contribution in [2.24, 2.45) is 0 Å². The molecule has 1 fully saturated rings. The van der Waals surface area contributed by atoms with E-state index in [1.165, 1.54) is 0 Å². The van der Waals surface area contributed by atoms with E-state index in [9.17, 15) is 9.59 Å². The summed E-state index contributed by atoms with van der Waals surface area (Å²) >= 11 is 9.30. The lowest BCUT2D eigenvalue weighted by Crippen LogP contribution is -2.46. The van der Waals surface area contributed by atoms with Crippen LogP contribution in [0, 0.1) is 0 Å². The summed E-state index contributed by atoms with van der Waals surface area (Å²) in [6, 6.07) is 15.1. The van der Waals surface area contributed by atoms with Gasteiger partial charge in [-0.3, -0.25) is 9.59 Å². The Morgan fingerprint density at radius 3 is 2.41 bits per heavy atom. The second-order valence-corrected chi connectivity index (χ2v) is 8.03. The van der Waals surface area contributed by atoms with Gasteiger partial charge in [-0.25, -0.2) is 0 Å². The monoisotopic (exact) mass is 448 g/mol. The molecule has 6 heteroatoms. The van der Waals surface area contributed by atoms with E-state index >= 15 is 0 Å². The first kappa shape index (κ1) is 19.9. The summed E-state index contributed by atoms with van der Waals surface area (Å²) in [5.74, 6) is 0.0931. The maximum Gasteiger partial charge on any atom is 0.252 e. The maximum atomic E-state index is 12.4. The molecule has 2 amide bonds. The Balaban J connectivity index is 1.44. The average molecular weight is 450 g/mol. The van der Waals surface area contributed by atoms with Crippen molar-refractivity contribution in [3.8, 4) is 0 Å². The van der Waals surface area contributed by atoms with E-state index in [2.05, 4.69) is 21.2 Å². The minimum atomic E-state index is -0.0741. The number of amides is 2. The zero-order valence-electron chi connectivity index (χ0n) is 15.0. The largest absolute Gasteiger partial charge is 0.349 e. The second kappa shape index (κ2) is 9.38. The number of hydrogen-bond acceptors (Lipinski definition) is 2. The van der Waals surface area contributed by atoms with E-state index < -0.39 is 0 Å². The lowest BCUT2D eigenvalue weighted by Gasteiger charge is -2.32. The van der Waals surface area contributed by atoms with E-state index in [4.69, 9.17) is 11.6 Å². The molecule has 1 saturated heterocycles. The molecule has 0 bridgehead atoms. The Hall–Kier alpha value is -1.85. The van der Waals surface area contributed by atoms with E-state index in [0.717, 1.165) is 22.9 Å². The van der Waals surface area contributed by atoms with Crippen molar-refractivity contribution in [3.05, 3.63) is 69.2 Å². The molecule has 0 atom stereocenters. The summed E-state index contributed by atoms with van der Waals surface area (Å²) in [6.07, 6.45) is 2.77. The molecule has 0 spiro atoms. The number of hydrogen-bond donors (Lipinski definition) is 1. The first-order chi connectivity index (χ1) is 13.0. The average Bonchev–Trinajstić information content (AvgIpc) is 2.68. The summed E-state index contributed by atoms with van der Waals surface area (Å²) in [5, 5.41) is 3.78.